The van der Waals surface area contributed by atoms with Crippen molar-refractivity contribution in [3.63, 3.8) is 0 Å². The van der Waals surface area contributed by atoms with E-state index in [1.807, 2.05) is 61.1 Å². The minimum atomic E-state index is 0.521. The highest BCUT2D eigenvalue weighted by molar-refractivity contribution is 5.82. The minimum Gasteiger partial charge on any atom is -0.324 e. The van der Waals surface area contributed by atoms with Gasteiger partial charge in [0.05, 0.1) is 17.1 Å². The Kier molecular flexibility index (Phi) is 5.41. The third-order valence-corrected chi connectivity index (χ3v) is 4.67. The Morgan fingerprint density at radius 2 is 1.93 bits per heavy atom. The van der Waals surface area contributed by atoms with Crippen molar-refractivity contribution in [2.45, 2.75) is 6.54 Å². The smallest absolute Gasteiger partial charge is 0.227 e. The maximum Gasteiger partial charge on any atom is 0.227 e. The summed E-state index contributed by atoms with van der Waals surface area (Å²) < 4.78 is 2.04. The molecule has 1 N–H and O–H groups in total. The Morgan fingerprint density at radius 3 is 2.67 bits per heavy atom. The molecule has 0 spiro atoms. The van der Waals surface area contributed by atoms with Crippen LogP contribution in [-0.4, -0.2) is 38.3 Å². The van der Waals surface area contributed by atoms with E-state index in [0.717, 1.165) is 40.5 Å². The maximum atomic E-state index is 4.83. The van der Waals surface area contributed by atoms with E-state index in [0.29, 0.717) is 5.95 Å². The fraction of sp³-hybridized carbons (Fsp3) is 0.125. The maximum absolute atomic E-state index is 4.83. The van der Waals surface area contributed by atoms with Gasteiger partial charge in [0.25, 0.3) is 0 Å². The zero-order valence-corrected chi connectivity index (χ0v) is 17.2. The van der Waals surface area contributed by atoms with Crippen molar-refractivity contribution < 1.29 is 0 Å². The number of pyridine rings is 1. The number of rotatable bonds is 7. The van der Waals surface area contributed by atoms with E-state index in [4.69, 9.17) is 9.97 Å². The van der Waals surface area contributed by atoms with E-state index in [2.05, 4.69) is 40.5 Å². The van der Waals surface area contributed by atoms with Gasteiger partial charge in [-0.25, -0.2) is 15.0 Å². The van der Waals surface area contributed by atoms with Crippen molar-refractivity contribution in [2.24, 2.45) is 0 Å². The van der Waals surface area contributed by atoms with Gasteiger partial charge in [-0.3, -0.25) is 4.40 Å². The first-order valence-electron chi connectivity index (χ1n) is 9.68. The summed E-state index contributed by atoms with van der Waals surface area (Å²) in [5, 5.41) is 3.25. The summed E-state index contributed by atoms with van der Waals surface area (Å²) in [5.74, 6) is 0.521. The van der Waals surface area contributed by atoms with Crippen LogP contribution < -0.4 is 5.32 Å². The Morgan fingerprint density at radius 1 is 1.13 bits per heavy atom. The number of fused-ring (bicyclic) bond motifs is 1. The number of nitrogens with zero attached hydrogens (tertiary/aromatic N) is 5. The first kappa shape index (κ1) is 19.5. The lowest BCUT2D eigenvalue weighted by Gasteiger charge is -2.10. The molecule has 4 rings (SSSR count). The van der Waals surface area contributed by atoms with Crippen LogP contribution in [0.5, 0.6) is 0 Å². The molecule has 0 aliphatic rings. The number of allylic oxidation sites excluding steroid dienone is 2. The molecule has 0 radical (unpaired) electrons. The van der Waals surface area contributed by atoms with E-state index in [-0.39, 0.29) is 0 Å². The van der Waals surface area contributed by atoms with Crippen LogP contribution >= 0.6 is 0 Å². The molecule has 3 heterocycles. The number of nitrogens with one attached hydrogen (secondary N) is 1. The monoisotopic (exact) mass is 396 g/mol. The lowest BCUT2D eigenvalue weighted by atomic mass is 10.1. The van der Waals surface area contributed by atoms with Crippen LogP contribution in [0.25, 0.3) is 22.6 Å². The Labute approximate surface area is 176 Å². The van der Waals surface area contributed by atoms with Crippen LogP contribution in [-0.2, 0) is 6.54 Å². The summed E-state index contributed by atoms with van der Waals surface area (Å²) in [6.07, 6.45) is 5.49. The van der Waals surface area contributed by atoms with Crippen LogP contribution in [0.2, 0.25) is 0 Å². The normalized spacial score (nSPS) is 11.0. The molecule has 4 aromatic rings. The van der Waals surface area contributed by atoms with Crippen LogP contribution in [0.3, 0.4) is 0 Å². The summed E-state index contributed by atoms with van der Waals surface area (Å²) >= 11 is 0. The highest BCUT2D eigenvalue weighted by atomic mass is 15.1. The standard InChI is InChI=1S/C24H24N6/c1-5-17(2)22-23(30-14-12-18(16-29(3)4)15-21(30)28-22)20-11-13-25-24(27-20)26-19-9-7-6-8-10-19/h5-15H,1-2,16H2,3-4H3,(H,25,26,27). The summed E-state index contributed by atoms with van der Waals surface area (Å²) in [7, 11) is 4.10. The number of hydrogen-bond donors (Lipinski definition) is 1. The van der Waals surface area contributed by atoms with E-state index >= 15 is 0 Å². The zero-order valence-electron chi connectivity index (χ0n) is 17.2. The number of hydrogen-bond acceptors (Lipinski definition) is 5. The summed E-state index contributed by atoms with van der Waals surface area (Å²) in [6, 6.07) is 15.9. The first-order valence-corrected chi connectivity index (χ1v) is 9.68. The topological polar surface area (TPSA) is 58.4 Å². The highest BCUT2D eigenvalue weighted by Gasteiger charge is 2.17. The lowest BCUT2D eigenvalue weighted by molar-refractivity contribution is 0.402. The molecule has 0 bridgehead atoms. The van der Waals surface area contributed by atoms with Gasteiger partial charge in [-0.2, -0.15) is 0 Å². The van der Waals surface area contributed by atoms with Gasteiger partial charge in [-0.1, -0.05) is 37.4 Å². The van der Waals surface area contributed by atoms with Gasteiger partial charge in [-0.05, 0) is 55.6 Å². The molecule has 0 fully saturated rings. The molecule has 6 heteroatoms. The molecule has 150 valence electrons. The second-order valence-corrected chi connectivity index (χ2v) is 7.30. The van der Waals surface area contributed by atoms with Crippen molar-refractivity contribution in [1.29, 1.82) is 0 Å². The molecule has 6 nitrogen and oxygen atoms in total. The minimum absolute atomic E-state index is 0.521. The van der Waals surface area contributed by atoms with Crippen molar-refractivity contribution in [3.05, 3.63) is 91.4 Å². The van der Waals surface area contributed by atoms with Crippen molar-refractivity contribution in [1.82, 2.24) is 24.3 Å². The molecule has 30 heavy (non-hydrogen) atoms. The fourth-order valence-corrected chi connectivity index (χ4v) is 3.32. The predicted molar refractivity (Wildman–Crippen MR) is 123 cm³/mol. The predicted octanol–water partition coefficient (Wildman–Crippen LogP) is 4.80. The third-order valence-electron chi connectivity index (χ3n) is 4.67. The van der Waals surface area contributed by atoms with Crippen molar-refractivity contribution in [2.75, 3.05) is 19.4 Å². The Hall–Kier alpha value is -3.77. The van der Waals surface area contributed by atoms with Crippen LogP contribution in [0, 0.1) is 0 Å². The number of imidazole rings is 1. The highest BCUT2D eigenvalue weighted by Crippen LogP contribution is 2.29. The molecule has 0 amide bonds. The molecule has 0 saturated carbocycles. The second kappa shape index (κ2) is 8.31. The van der Waals surface area contributed by atoms with Crippen molar-refractivity contribution >= 4 is 22.9 Å². The second-order valence-electron chi connectivity index (χ2n) is 7.30. The number of anilines is 2. The Bertz CT molecular complexity index is 1210. The molecular formula is C24H24N6. The molecular weight excluding hydrogens is 372 g/mol. The van der Waals surface area contributed by atoms with Gasteiger partial charge in [-0.15, -0.1) is 0 Å². The average molecular weight is 396 g/mol. The largest absolute Gasteiger partial charge is 0.324 e. The number of para-hydroxylation sites is 1. The molecule has 0 aliphatic carbocycles. The van der Waals surface area contributed by atoms with E-state index < -0.39 is 0 Å². The van der Waals surface area contributed by atoms with E-state index in [1.165, 1.54) is 5.56 Å². The molecule has 0 atom stereocenters. The van der Waals surface area contributed by atoms with E-state index in [1.54, 1.807) is 12.3 Å². The van der Waals surface area contributed by atoms with Crippen LogP contribution in [0.1, 0.15) is 11.3 Å². The summed E-state index contributed by atoms with van der Waals surface area (Å²) in [5.41, 5.74) is 6.10. The van der Waals surface area contributed by atoms with Gasteiger partial charge in [0.15, 0.2) is 0 Å². The Balaban J connectivity index is 1.81. The van der Waals surface area contributed by atoms with Crippen molar-refractivity contribution in [3.8, 4) is 11.4 Å². The average Bonchev–Trinajstić information content (AvgIpc) is 3.12. The van der Waals surface area contributed by atoms with Gasteiger partial charge < -0.3 is 10.2 Å². The van der Waals surface area contributed by atoms with Gasteiger partial charge in [0, 0.05) is 24.6 Å². The molecule has 0 unspecified atom stereocenters. The summed E-state index contributed by atoms with van der Waals surface area (Å²) in [4.78, 5) is 16.1. The first-order chi connectivity index (χ1) is 14.5. The van der Waals surface area contributed by atoms with Gasteiger partial charge >= 0.3 is 0 Å². The number of aromatic nitrogens is 4. The fourth-order valence-electron chi connectivity index (χ4n) is 3.32. The quantitative estimate of drug-likeness (QED) is 0.455. The lowest BCUT2D eigenvalue weighted by Crippen LogP contribution is -2.10. The van der Waals surface area contributed by atoms with Gasteiger partial charge in [0.2, 0.25) is 5.95 Å². The molecule has 0 aliphatic heterocycles. The number of benzene rings is 1. The molecule has 1 aromatic carbocycles. The van der Waals surface area contributed by atoms with E-state index in [9.17, 15) is 0 Å². The third kappa shape index (κ3) is 3.99. The SMILES string of the molecule is C=CC(=C)c1nc2cc(CN(C)C)ccn2c1-c1ccnc(Nc2ccccc2)n1. The van der Waals surface area contributed by atoms with Crippen LogP contribution in [0.15, 0.2) is 80.2 Å². The molecule has 0 saturated heterocycles. The van der Waals surface area contributed by atoms with Crippen LogP contribution in [0.4, 0.5) is 11.6 Å². The summed E-state index contributed by atoms with van der Waals surface area (Å²) in [6.45, 7) is 8.84. The van der Waals surface area contributed by atoms with Gasteiger partial charge in [0.1, 0.15) is 5.65 Å². The zero-order chi connectivity index (χ0) is 21.1. The molecule has 3 aromatic heterocycles.